The molecule has 140 valence electrons. The molecule has 0 heterocycles. The predicted octanol–water partition coefficient (Wildman–Crippen LogP) is 5.05. The zero-order valence-electron chi connectivity index (χ0n) is 15.4. The molecule has 2 N–H and O–H groups in total. The van der Waals surface area contributed by atoms with Crippen LogP contribution in [0.3, 0.4) is 0 Å². The van der Waals surface area contributed by atoms with Crippen LogP contribution in [-0.4, -0.2) is 5.91 Å². The highest BCUT2D eigenvalue weighted by Gasteiger charge is 2.60. The highest BCUT2D eigenvalue weighted by atomic mass is 79.9. The second-order valence-electron chi connectivity index (χ2n) is 7.06. The molecule has 1 aliphatic carbocycles. The molecular weight excluding hydrogens is 412 g/mol. The first-order valence-corrected chi connectivity index (χ1v) is 10.0. The van der Waals surface area contributed by atoms with E-state index in [1.807, 2.05) is 60.7 Å². The van der Waals surface area contributed by atoms with Gasteiger partial charge in [0.25, 0.3) is 0 Å². The van der Waals surface area contributed by atoms with E-state index in [-0.39, 0.29) is 17.2 Å². The monoisotopic (exact) mass is 432 g/mol. The molecule has 0 spiro atoms. The summed E-state index contributed by atoms with van der Waals surface area (Å²) in [7, 11) is 0. The summed E-state index contributed by atoms with van der Waals surface area (Å²) in [6.07, 6.45) is 0.791. The Balaban J connectivity index is 1.50. The Morgan fingerprint density at radius 1 is 0.857 bits per heavy atom. The Kier molecular flexibility index (Phi) is 5.05. The van der Waals surface area contributed by atoms with E-state index >= 15 is 0 Å². The number of hydrogen-bond donors (Lipinski definition) is 2. The van der Waals surface area contributed by atoms with Crippen LogP contribution in [-0.2, 0) is 10.2 Å². The van der Waals surface area contributed by atoms with Gasteiger partial charge in [-0.05, 0) is 35.2 Å². The molecular formula is C24H21BrN2O. The number of carbonyl (C=O) groups excluding carboxylic acids is 1. The van der Waals surface area contributed by atoms with Crippen molar-refractivity contribution in [2.75, 3.05) is 0 Å². The van der Waals surface area contributed by atoms with E-state index in [4.69, 9.17) is 0 Å². The third-order valence-electron chi connectivity index (χ3n) is 5.38. The minimum Gasteiger partial charge on any atom is -0.299 e. The van der Waals surface area contributed by atoms with Gasteiger partial charge in [-0.2, -0.15) is 0 Å². The molecule has 1 saturated carbocycles. The van der Waals surface area contributed by atoms with Crippen molar-refractivity contribution >= 4 is 27.5 Å². The van der Waals surface area contributed by atoms with Crippen molar-refractivity contribution in [3.05, 3.63) is 113 Å². The van der Waals surface area contributed by atoms with Gasteiger partial charge in [-0.25, -0.2) is 0 Å². The van der Waals surface area contributed by atoms with E-state index in [9.17, 15) is 4.79 Å². The van der Waals surface area contributed by atoms with Gasteiger partial charge in [-0.15, -0.1) is 0 Å². The quantitative estimate of drug-likeness (QED) is 0.535. The minimum atomic E-state index is -0.271. The predicted molar refractivity (Wildman–Crippen MR) is 116 cm³/mol. The third-order valence-corrected chi connectivity index (χ3v) is 5.91. The van der Waals surface area contributed by atoms with Crippen molar-refractivity contribution in [2.24, 2.45) is 5.92 Å². The van der Waals surface area contributed by atoms with E-state index in [2.05, 4.69) is 57.6 Å². The Hall–Kier alpha value is -2.85. The molecule has 1 atom stereocenters. The summed E-state index contributed by atoms with van der Waals surface area (Å²) in [5.41, 5.74) is 9.49. The van der Waals surface area contributed by atoms with Gasteiger partial charge in [-0.3, -0.25) is 15.6 Å². The highest BCUT2D eigenvalue weighted by molar-refractivity contribution is 9.10. The maximum Gasteiger partial charge on any atom is 0.242 e. The Morgan fingerprint density at radius 2 is 1.39 bits per heavy atom. The lowest BCUT2D eigenvalue weighted by Gasteiger charge is -2.19. The van der Waals surface area contributed by atoms with Gasteiger partial charge in [0.2, 0.25) is 5.91 Å². The van der Waals surface area contributed by atoms with Crippen LogP contribution in [0.4, 0.5) is 0 Å². The fourth-order valence-corrected chi connectivity index (χ4v) is 4.07. The van der Waals surface area contributed by atoms with Crippen LogP contribution >= 0.6 is 15.9 Å². The lowest BCUT2D eigenvalue weighted by atomic mass is 9.85. The van der Waals surface area contributed by atoms with Gasteiger partial charge in [0.15, 0.2) is 0 Å². The van der Waals surface area contributed by atoms with Crippen molar-refractivity contribution in [3.8, 4) is 0 Å². The number of nitrogens with one attached hydrogen (secondary N) is 2. The molecule has 3 nitrogen and oxygen atoms in total. The molecule has 1 aliphatic rings. The number of halogens is 1. The van der Waals surface area contributed by atoms with Crippen molar-refractivity contribution in [1.29, 1.82) is 0 Å². The van der Waals surface area contributed by atoms with Gasteiger partial charge < -0.3 is 0 Å². The number of hydrazine groups is 1. The molecule has 28 heavy (non-hydrogen) atoms. The second-order valence-corrected chi connectivity index (χ2v) is 7.98. The highest BCUT2D eigenvalue weighted by Crippen LogP contribution is 2.58. The normalized spacial score (nSPS) is 16.8. The molecule has 1 amide bonds. The Morgan fingerprint density at radius 3 is 1.93 bits per heavy atom. The number of carbonyl (C=O) groups is 1. The first-order valence-electron chi connectivity index (χ1n) is 9.23. The van der Waals surface area contributed by atoms with E-state index in [1.165, 1.54) is 11.1 Å². The molecule has 0 saturated heterocycles. The SMILES string of the molecule is C=C(NNC(=O)[C@H]1CC1(c1ccccc1)c1ccccc1)c1ccc(Br)cc1. The van der Waals surface area contributed by atoms with Crippen LogP contribution in [0, 0.1) is 5.92 Å². The minimum absolute atomic E-state index is 0.0223. The van der Waals surface area contributed by atoms with Gasteiger partial charge in [0.1, 0.15) is 0 Å². The average molecular weight is 433 g/mol. The van der Waals surface area contributed by atoms with Crippen LogP contribution in [0.2, 0.25) is 0 Å². The molecule has 0 bridgehead atoms. The van der Waals surface area contributed by atoms with Crippen molar-refractivity contribution in [1.82, 2.24) is 10.9 Å². The van der Waals surface area contributed by atoms with Crippen LogP contribution in [0.5, 0.6) is 0 Å². The molecule has 0 unspecified atom stereocenters. The number of amides is 1. The maximum absolute atomic E-state index is 12.9. The van der Waals surface area contributed by atoms with E-state index < -0.39 is 0 Å². The summed E-state index contributed by atoms with van der Waals surface area (Å²) in [4.78, 5) is 12.9. The Labute approximate surface area is 173 Å². The summed E-state index contributed by atoms with van der Waals surface area (Å²) in [6, 6.07) is 28.3. The van der Waals surface area contributed by atoms with Gasteiger partial charge in [-0.1, -0.05) is 95.3 Å². The fraction of sp³-hybridized carbons (Fsp3) is 0.125. The smallest absolute Gasteiger partial charge is 0.242 e. The molecule has 0 radical (unpaired) electrons. The molecule has 4 heteroatoms. The van der Waals surface area contributed by atoms with Gasteiger partial charge >= 0.3 is 0 Å². The Bertz CT molecular complexity index is 945. The van der Waals surface area contributed by atoms with Crippen molar-refractivity contribution in [2.45, 2.75) is 11.8 Å². The number of benzene rings is 3. The number of hydrogen-bond acceptors (Lipinski definition) is 2. The topological polar surface area (TPSA) is 41.1 Å². The molecule has 3 aromatic rings. The van der Waals surface area contributed by atoms with Crippen LogP contribution < -0.4 is 10.9 Å². The zero-order valence-corrected chi connectivity index (χ0v) is 16.9. The molecule has 0 aliphatic heterocycles. The van der Waals surface area contributed by atoms with Gasteiger partial charge in [0, 0.05) is 9.89 Å². The first kappa shape index (κ1) is 18.5. The first-order chi connectivity index (χ1) is 13.6. The summed E-state index contributed by atoms with van der Waals surface area (Å²) < 4.78 is 1.00. The maximum atomic E-state index is 12.9. The summed E-state index contributed by atoms with van der Waals surface area (Å²) in [5.74, 6) is -0.145. The second kappa shape index (κ2) is 7.64. The summed E-state index contributed by atoms with van der Waals surface area (Å²) >= 11 is 3.42. The van der Waals surface area contributed by atoms with E-state index in [0.717, 1.165) is 16.5 Å². The van der Waals surface area contributed by atoms with E-state index in [0.29, 0.717) is 5.70 Å². The van der Waals surface area contributed by atoms with E-state index in [1.54, 1.807) is 0 Å². The van der Waals surface area contributed by atoms with Gasteiger partial charge in [0.05, 0.1) is 11.6 Å². The summed E-state index contributed by atoms with van der Waals surface area (Å²) in [6.45, 7) is 4.02. The third kappa shape index (κ3) is 3.48. The average Bonchev–Trinajstić information content (AvgIpc) is 3.51. The zero-order chi connectivity index (χ0) is 19.6. The standard InChI is InChI=1S/C24H21BrN2O/c1-17(18-12-14-21(25)15-13-18)26-27-23(28)22-16-24(22,19-8-4-2-5-9-19)20-10-6-3-7-11-20/h2-15,22,26H,1,16H2,(H,27,28)/t22-/m1/s1. The summed E-state index contributed by atoms with van der Waals surface area (Å²) in [5, 5.41) is 0. The fourth-order valence-electron chi connectivity index (χ4n) is 3.80. The molecule has 3 aromatic carbocycles. The largest absolute Gasteiger partial charge is 0.299 e. The van der Waals surface area contributed by atoms with Crippen LogP contribution in [0.25, 0.3) is 5.70 Å². The molecule has 1 fully saturated rings. The molecule has 4 rings (SSSR count). The van der Waals surface area contributed by atoms with Crippen LogP contribution in [0.15, 0.2) is 96.0 Å². The van der Waals surface area contributed by atoms with Crippen molar-refractivity contribution in [3.63, 3.8) is 0 Å². The van der Waals surface area contributed by atoms with Crippen LogP contribution in [0.1, 0.15) is 23.1 Å². The lowest BCUT2D eigenvalue weighted by molar-refractivity contribution is -0.123. The van der Waals surface area contributed by atoms with Crippen molar-refractivity contribution < 1.29 is 4.79 Å². The number of rotatable bonds is 6. The molecule has 0 aromatic heterocycles. The lowest BCUT2D eigenvalue weighted by Crippen LogP contribution is -2.38.